The molecule has 2 unspecified atom stereocenters. The number of carboxylic acid groups (broad SMARTS) is 1. The van der Waals surface area contributed by atoms with Crippen LogP contribution in [0, 0.1) is 11.8 Å². The Morgan fingerprint density at radius 3 is 2.58 bits per heavy atom. The van der Waals surface area contributed by atoms with E-state index in [1.54, 1.807) is 0 Å². The number of hydrogen-bond acceptors (Lipinski definition) is 2. The molecule has 2 aromatic rings. The molecule has 1 amide bonds. The van der Waals surface area contributed by atoms with Crippen molar-refractivity contribution in [3.8, 4) is 0 Å². The fourth-order valence-corrected chi connectivity index (χ4v) is 4.01. The summed E-state index contributed by atoms with van der Waals surface area (Å²) in [4.78, 5) is 23.7. The van der Waals surface area contributed by atoms with Crippen LogP contribution in [0.4, 0.5) is 0 Å². The first kappa shape index (κ1) is 15.2. The molecule has 0 heterocycles. The molecule has 4 rings (SSSR count). The maximum Gasteiger partial charge on any atom is 0.308 e. The summed E-state index contributed by atoms with van der Waals surface area (Å²) in [5.74, 6) is -0.946. The van der Waals surface area contributed by atoms with E-state index in [1.807, 2.05) is 12.1 Å². The van der Waals surface area contributed by atoms with E-state index in [-0.39, 0.29) is 23.8 Å². The van der Waals surface area contributed by atoms with Gasteiger partial charge in [0.15, 0.2) is 0 Å². The Balaban J connectivity index is 1.43. The van der Waals surface area contributed by atoms with Gasteiger partial charge in [-0.3, -0.25) is 9.59 Å². The second-order valence-corrected chi connectivity index (χ2v) is 7.05. The highest BCUT2D eigenvalue weighted by Gasteiger charge is 2.45. The van der Waals surface area contributed by atoms with E-state index in [0.29, 0.717) is 6.42 Å². The van der Waals surface area contributed by atoms with Crippen LogP contribution in [0.2, 0.25) is 0 Å². The maximum atomic E-state index is 12.5. The lowest BCUT2D eigenvalue weighted by molar-refractivity contribution is -0.142. The number of fused-ring (bicyclic) bond motifs is 1. The summed E-state index contributed by atoms with van der Waals surface area (Å²) in [6.45, 7) is 0. The van der Waals surface area contributed by atoms with Crippen molar-refractivity contribution in [2.75, 3.05) is 0 Å². The second-order valence-electron chi connectivity index (χ2n) is 7.05. The molecule has 2 fully saturated rings. The number of nitrogens with one attached hydrogen (secondary N) is 1. The van der Waals surface area contributed by atoms with Gasteiger partial charge in [0.1, 0.15) is 0 Å². The Kier molecular flexibility index (Phi) is 3.75. The van der Waals surface area contributed by atoms with Gasteiger partial charge in [-0.15, -0.1) is 0 Å². The van der Waals surface area contributed by atoms with Crippen LogP contribution >= 0.6 is 0 Å². The summed E-state index contributed by atoms with van der Waals surface area (Å²) in [5, 5.41) is 14.6. The molecule has 0 radical (unpaired) electrons. The Labute approximate surface area is 140 Å². The SMILES string of the molecule is O=C(N[C@H]1CCC[C@H]1C(=O)O)C1CC1c1ccc2ccccc2c1. The van der Waals surface area contributed by atoms with E-state index in [0.717, 1.165) is 19.3 Å². The third-order valence-corrected chi connectivity index (χ3v) is 5.49. The standard InChI is InChI=1S/C20H21NO3/c22-19(21-18-7-3-6-15(18)20(23)24)17-11-16(17)14-9-8-12-4-1-2-5-13(12)10-14/h1-2,4-5,8-10,15-18H,3,6-7,11H2,(H,21,22)(H,23,24)/t15-,16?,17?,18+/m1/s1. The summed E-state index contributed by atoms with van der Waals surface area (Å²) in [6, 6.07) is 14.4. The molecule has 0 spiro atoms. The van der Waals surface area contributed by atoms with Crippen LogP contribution in [-0.4, -0.2) is 23.0 Å². The summed E-state index contributed by atoms with van der Waals surface area (Å²) in [5.41, 5.74) is 1.20. The number of carbonyl (C=O) groups is 2. The van der Waals surface area contributed by atoms with E-state index in [1.165, 1.54) is 16.3 Å². The van der Waals surface area contributed by atoms with Crippen molar-refractivity contribution in [3.05, 3.63) is 48.0 Å². The lowest BCUT2D eigenvalue weighted by Crippen LogP contribution is -2.41. The molecular formula is C20H21NO3. The first-order chi connectivity index (χ1) is 11.6. The number of amides is 1. The van der Waals surface area contributed by atoms with E-state index >= 15 is 0 Å². The van der Waals surface area contributed by atoms with Gasteiger partial charge in [-0.1, -0.05) is 48.9 Å². The average molecular weight is 323 g/mol. The Bertz CT molecular complexity index is 800. The normalized spacial score (nSPS) is 28.7. The molecule has 2 aliphatic rings. The van der Waals surface area contributed by atoms with Gasteiger partial charge in [-0.05, 0) is 41.5 Å². The van der Waals surface area contributed by atoms with E-state index in [4.69, 9.17) is 0 Å². The molecule has 2 aliphatic carbocycles. The monoisotopic (exact) mass is 323 g/mol. The summed E-state index contributed by atoms with van der Waals surface area (Å²) in [6.07, 6.45) is 3.17. The summed E-state index contributed by atoms with van der Waals surface area (Å²) in [7, 11) is 0. The van der Waals surface area contributed by atoms with Crippen molar-refractivity contribution < 1.29 is 14.7 Å². The first-order valence-corrected chi connectivity index (χ1v) is 8.65. The van der Waals surface area contributed by atoms with Crippen molar-refractivity contribution in [2.24, 2.45) is 11.8 Å². The maximum absolute atomic E-state index is 12.5. The molecule has 4 nitrogen and oxygen atoms in total. The van der Waals surface area contributed by atoms with Crippen molar-refractivity contribution in [1.29, 1.82) is 0 Å². The van der Waals surface area contributed by atoms with Gasteiger partial charge in [0, 0.05) is 12.0 Å². The summed E-state index contributed by atoms with van der Waals surface area (Å²) < 4.78 is 0. The van der Waals surface area contributed by atoms with E-state index in [9.17, 15) is 14.7 Å². The zero-order chi connectivity index (χ0) is 16.7. The predicted octanol–water partition coefficient (Wildman–Crippen LogP) is 3.31. The van der Waals surface area contributed by atoms with E-state index < -0.39 is 11.9 Å². The molecule has 4 heteroatoms. The predicted molar refractivity (Wildman–Crippen MR) is 91.7 cm³/mol. The number of benzene rings is 2. The molecule has 2 saturated carbocycles. The highest BCUT2D eigenvalue weighted by molar-refractivity contribution is 5.86. The van der Waals surface area contributed by atoms with Gasteiger partial charge in [0.2, 0.25) is 5.91 Å². The van der Waals surface area contributed by atoms with Gasteiger partial charge in [0.05, 0.1) is 5.92 Å². The van der Waals surface area contributed by atoms with Gasteiger partial charge >= 0.3 is 5.97 Å². The minimum atomic E-state index is -0.792. The van der Waals surface area contributed by atoms with Gasteiger partial charge in [-0.2, -0.15) is 0 Å². The van der Waals surface area contributed by atoms with Crippen LogP contribution in [0.5, 0.6) is 0 Å². The second kappa shape index (κ2) is 5.93. The zero-order valence-corrected chi connectivity index (χ0v) is 13.4. The number of rotatable bonds is 4. The highest BCUT2D eigenvalue weighted by Crippen LogP contribution is 2.48. The van der Waals surface area contributed by atoms with Crippen molar-refractivity contribution in [2.45, 2.75) is 37.6 Å². The first-order valence-electron chi connectivity index (χ1n) is 8.65. The van der Waals surface area contributed by atoms with E-state index in [2.05, 4.69) is 35.6 Å². The minimum Gasteiger partial charge on any atom is -0.481 e. The highest BCUT2D eigenvalue weighted by atomic mass is 16.4. The van der Waals surface area contributed by atoms with Crippen LogP contribution < -0.4 is 5.32 Å². The third-order valence-electron chi connectivity index (χ3n) is 5.49. The lowest BCUT2D eigenvalue weighted by atomic mass is 10.0. The molecule has 2 aromatic carbocycles. The van der Waals surface area contributed by atoms with Crippen LogP contribution in [-0.2, 0) is 9.59 Å². The smallest absolute Gasteiger partial charge is 0.308 e. The third kappa shape index (κ3) is 2.77. The molecule has 0 bridgehead atoms. The molecule has 0 aliphatic heterocycles. The largest absolute Gasteiger partial charge is 0.481 e. The van der Waals surface area contributed by atoms with Crippen LogP contribution in [0.15, 0.2) is 42.5 Å². The lowest BCUT2D eigenvalue weighted by Gasteiger charge is -2.17. The molecule has 0 aromatic heterocycles. The molecule has 0 saturated heterocycles. The number of aliphatic carboxylic acids is 1. The van der Waals surface area contributed by atoms with Crippen LogP contribution in [0.25, 0.3) is 10.8 Å². The van der Waals surface area contributed by atoms with Gasteiger partial charge in [0.25, 0.3) is 0 Å². The van der Waals surface area contributed by atoms with Crippen molar-refractivity contribution >= 4 is 22.6 Å². The summed E-state index contributed by atoms with van der Waals surface area (Å²) >= 11 is 0. The van der Waals surface area contributed by atoms with Crippen LogP contribution in [0.1, 0.15) is 37.2 Å². The fraction of sp³-hybridized carbons (Fsp3) is 0.400. The van der Waals surface area contributed by atoms with Crippen molar-refractivity contribution in [3.63, 3.8) is 0 Å². The topological polar surface area (TPSA) is 66.4 Å². The van der Waals surface area contributed by atoms with Gasteiger partial charge < -0.3 is 10.4 Å². The molecular weight excluding hydrogens is 302 g/mol. The molecule has 4 atom stereocenters. The number of carbonyl (C=O) groups excluding carboxylic acids is 1. The Morgan fingerprint density at radius 2 is 1.79 bits per heavy atom. The number of carboxylic acids is 1. The zero-order valence-electron chi connectivity index (χ0n) is 13.4. The van der Waals surface area contributed by atoms with Gasteiger partial charge in [-0.25, -0.2) is 0 Å². The molecule has 2 N–H and O–H groups in total. The Morgan fingerprint density at radius 1 is 1.00 bits per heavy atom. The molecule has 24 heavy (non-hydrogen) atoms. The minimum absolute atomic E-state index is 0.0128. The number of hydrogen-bond donors (Lipinski definition) is 2. The average Bonchev–Trinajstić information content (AvgIpc) is 3.26. The Hall–Kier alpha value is -2.36. The van der Waals surface area contributed by atoms with Crippen LogP contribution in [0.3, 0.4) is 0 Å². The van der Waals surface area contributed by atoms with Crippen molar-refractivity contribution in [1.82, 2.24) is 5.32 Å². The fourth-order valence-electron chi connectivity index (χ4n) is 4.01. The quantitative estimate of drug-likeness (QED) is 0.907. The molecule has 124 valence electrons.